The molecular weight excluding hydrogens is 383 g/mol. The summed E-state index contributed by atoms with van der Waals surface area (Å²) in [4.78, 5) is 25.0. The van der Waals surface area contributed by atoms with E-state index < -0.39 is 47.4 Å². The molecule has 4 nitrogen and oxygen atoms in total. The van der Waals surface area contributed by atoms with Crippen molar-refractivity contribution >= 4 is 11.9 Å². The maximum atomic E-state index is 13.8. The normalized spacial score (nSPS) is 16.3. The quantitative estimate of drug-likeness (QED) is 0.728. The van der Waals surface area contributed by atoms with Gasteiger partial charge in [0.25, 0.3) is 5.91 Å². The first-order chi connectivity index (χ1) is 13.8. The molecule has 0 heterocycles. The molecule has 1 aliphatic carbocycles. The molecule has 0 bridgehead atoms. The standard InChI is InChI=1S/C22H22F3NO3/c1-14(18-9-8-17(24)12-19(18)25)26-20(27)13-29-21(28)22(10-2-3-11-22)15-4-6-16(23)7-5-15/h4-9,12,14H,2-3,10-11,13H2,1H3,(H,26,27)/t14-/m0/s1. The van der Waals surface area contributed by atoms with Crippen molar-refractivity contribution in [2.24, 2.45) is 0 Å². The molecule has 29 heavy (non-hydrogen) atoms. The zero-order valence-corrected chi connectivity index (χ0v) is 16.0. The van der Waals surface area contributed by atoms with E-state index in [0.717, 1.165) is 25.0 Å². The van der Waals surface area contributed by atoms with Crippen LogP contribution in [0, 0.1) is 17.5 Å². The number of ether oxygens (including phenoxy) is 1. The Kier molecular flexibility index (Phi) is 6.25. The van der Waals surface area contributed by atoms with Gasteiger partial charge in [0.2, 0.25) is 0 Å². The second-order valence-corrected chi connectivity index (χ2v) is 7.33. The van der Waals surface area contributed by atoms with E-state index in [-0.39, 0.29) is 5.56 Å². The minimum absolute atomic E-state index is 0.129. The maximum Gasteiger partial charge on any atom is 0.317 e. The highest BCUT2D eigenvalue weighted by Crippen LogP contribution is 2.42. The van der Waals surface area contributed by atoms with Gasteiger partial charge in [-0.1, -0.05) is 31.0 Å². The molecule has 1 saturated carbocycles. The number of benzene rings is 2. The first kappa shape index (κ1) is 20.9. The molecule has 1 amide bonds. The van der Waals surface area contributed by atoms with Crippen molar-refractivity contribution in [1.82, 2.24) is 5.32 Å². The van der Waals surface area contributed by atoms with Gasteiger partial charge in [-0.2, -0.15) is 0 Å². The van der Waals surface area contributed by atoms with Crippen LogP contribution in [0.1, 0.15) is 49.8 Å². The number of carbonyl (C=O) groups excluding carboxylic acids is 2. The fraction of sp³-hybridized carbons (Fsp3) is 0.364. The highest BCUT2D eigenvalue weighted by atomic mass is 19.1. The van der Waals surface area contributed by atoms with Crippen LogP contribution in [-0.2, 0) is 19.7 Å². The van der Waals surface area contributed by atoms with Crippen molar-refractivity contribution in [3.63, 3.8) is 0 Å². The van der Waals surface area contributed by atoms with Crippen molar-refractivity contribution in [3.8, 4) is 0 Å². The summed E-state index contributed by atoms with van der Waals surface area (Å²) in [6, 6.07) is 8.12. The van der Waals surface area contributed by atoms with E-state index in [0.29, 0.717) is 18.4 Å². The predicted molar refractivity (Wildman–Crippen MR) is 100 cm³/mol. The van der Waals surface area contributed by atoms with Crippen molar-refractivity contribution in [2.75, 3.05) is 6.61 Å². The molecule has 1 atom stereocenters. The van der Waals surface area contributed by atoms with Crippen LogP contribution in [0.2, 0.25) is 0 Å². The third-order valence-corrected chi connectivity index (χ3v) is 5.39. The third-order valence-electron chi connectivity index (χ3n) is 5.39. The van der Waals surface area contributed by atoms with Crippen LogP contribution in [0.4, 0.5) is 13.2 Å². The molecule has 1 N–H and O–H groups in total. The number of amides is 1. The van der Waals surface area contributed by atoms with Crippen molar-refractivity contribution in [2.45, 2.75) is 44.1 Å². The summed E-state index contributed by atoms with van der Waals surface area (Å²) in [7, 11) is 0. The van der Waals surface area contributed by atoms with Gasteiger partial charge < -0.3 is 10.1 Å². The maximum absolute atomic E-state index is 13.8. The van der Waals surface area contributed by atoms with Gasteiger partial charge in [0.15, 0.2) is 6.61 Å². The molecule has 0 radical (unpaired) electrons. The highest BCUT2D eigenvalue weighted by Gasteiger charge is 2.44. The van der Waals surface area contributed by atoms with Crippen LogP contribution >= 0.6 is 0 Å². The van der Waals surface area contributed by atoms with Gasteiger partial charge in [-0.3, -0.25) is 9.59 Å². The minimum atomic E-state index is -0.886. The number of nitrogens with one attached hydrogen (secondary N) is 1. The zero-order chi connectivity index (χ0) is 21.0. The molecule has 0 unspecified atom stereocenters. The molecule has 0 aliphatic heterocycles. The molecule has 154 valence electrons. The fourth-order valence-corrected chi connectivity index (χ4v) is 3.84. The van der Waals surface area contributed by atoms with Crippen LogP contribution in [0.3, 0.4) is 0 Å². The van der Waals surface area contributed by atoms with E-state index >= 15 is 0 Å². The van der Waals surface area contributed by atoms with Gasteiger partial charge in [-0.15, -0.1) is 0 Å². The van der Waals surface area contributed by atoms with Crippen molar-refractivity contribution in [1.29, 1.82) is 0 Å². The second kappa shape index (κ2) is 8.68. The third kappa shape index (κ3) is 4.60. The Hall–Kier alpha value is -2.83. The van der Waals surface area contributed by atoms with E-state index in [1.54, 1.807) is 19.1 Å². The minimum Gasteiger partial charge on any atom is -0.455 e. The van der Waals surface area contributed by atoms with Crippen LogP contribution in [0.5, 0.6) is 0 Å². The van der Waals surface area contributed by atoms with Gasteiger partial charge in [0.05, 0.1) is 11.5 Å². The first-order valence-corrected chi connectivity index (χ1v) is 9.49. The molecule has 2 aromatic carbocycles. The number of hydrogen-bond donors (Lipinski definition) is 1. The van der Waals surface area contributed by atoms with E-state index in [9.17, 15) is 22.8 Å². The van der Waals surface area contributed by atoms with Gasteiger partial charge in [-0.05, 0) is 43.5 Å². The van der Waals surface area contributed by atoms with E-state index in [1.165, 1.54) is 18.2 Å². The number of carbonyl (C=O) groups is 2. The number of hydrogen-bond acceptors (Lipinski definition) is 3. The molecule has 0 saturated heterocycles. The lowest BCUT2D eigenvalue weighted by molar-refractivity contribution is -0.154. The first-order valence-electron chi connectivity index (χ1n) is 9.49. The Labute approximate surface area is 167 Å². The molecule has 3 rings (SSSR count). The predicted octanol–water partition coefficient (Wildman–Crippen LogP) is 4.34. The molecular formula is C22H22F3NO3. The Morgan fingerprint density at radius 1 is 1.03 bits per heavy atom. The fourth-order valence-electron chi connectivity index (χ4n) is 3.84. The average Bonchev–Trinajstić information content (AvgIpc) is 3.17. The number of halogens is 3. The summed E-state index contributed by atoms with van der Waals surface area (Å²) in [5.41, 5.74) is -0.0870. The summed E-state index contributed by atoms with van der Waals surface area (Å²) >= 11 is 0. The average molecular weight is 405 g/mol. The SMILES string of the molecule is C[C@H](NC(=O)COC(=O)C1(c2ccc(F)cc2)CCCC1)c1ccc(F)cc1F. The summed E-state index contributed by atoms with van der Waals surface area (Å²) in [6.45, 7) is 1.03. The lowest BCUT2D eigenvalue weighted by atomic mass is 9.79. The Bertz CT molecular complexity index is 893. The molecule has 0 spiro atoms. The lowest BCUT2D eigenvalue weighted by Gasteiger charge is -2.27. The summed E-state index contributed by atoms with van der Waals surface area (Å²) in [5, 5.41) is 2.53. The number of rotatable bonds is 6. The van der Waals surface area contributed by atoms with Crippen molar-refractivity contribution < 1.29 is 27.5 Å². The zero-order valence-electron chi connectivity index (χ0n) is 16.0. The Morgan fingerprint density at radius 3 is 2.28 bits per heavy atom. The lowest BCUT2D eigenvalue weighted by Crippen LogP contribution is -2.38. The van der Waals surface area contributed by atoms with Gasteiger partial charge >= 0.3 is 5.97 Å². The summed E-state index contributed by atoms with van der Waals surface area (Å²) in [5.74, 6) is -2.99. The molecule has 7 heteroatoms. The topological polar surface area (TPSA) is 55.4 Å². The monoisotopic (exact) mass is 405 g/mol. The molecule has 0 aromatic heterocycles. The molecule has 1 aliphatic rings. The smallest absolute Gasteiger partial charge is 0.317 e. The summed E-state index contributed by atoms with van der Waals surface area (Å²) in [6.07, 6.45) is 2.80. The largest absolute Gasteiger partial charge is 0.455 e. The van der Waals surface area contributed by atoms with Gasteiger partial charge in [-0.25, -0.2) is 13.2 Å². The van der Waals surface area contributed by atoms with Gasteiger partial charge in [0.1, 0.15) is 17.5 Å². The number of esters is 1. The van der Waals surface area contributed by atoms with Crippen LogP contribution in [-0.4, -0.2) is 18.5 Å². The second-order valence-electron chi connectivity index (χ2n) is 7.33. The molecule has 1 fully saturated rings. The van der Waals surface area contributed by atoms with Crippen molar-refractivity contribution in [3.05, 3.63) is 71.0 Å². The van der Waals surface area contributed by atoms with E-state index in [2.05, 4.69) is 5.32 Å². The van der Waals surface area contributed by atoms with E-state index in [1.807, 2.05) is 0 Å². The van der Waals surface area contributed by atoms with Gasteiger partial charge in [0, 0.05) is 11.6 Å². The Balaban J connectivity index is 1.62. The summed E-state index contributed by atoms with van der Waals surface area (Å²) < 4.78 is 45.4. The van der Waals surface area contributed by atoms with Crippen LogP contribution in [0.25, 0.3) is 0 Å². The highest BCUT2D eigenvalue weighted by molar-refractivity contribution is 5.86. The Morgan fingerprint density at radius 2 is 1.66 bits per heavy atom. The molecule has 2 aromatic rings. The van der Waals surface area contributed by atoms with E-state index in [4.69, 9.17) is 4.74 Å². The van der Waals surface area contributed by atoms with Crippen LogP contribution < -0.4 is 5.32 Å². The van der Waals surface area contributed by atoms with Crippen LogP contribution in [0.15, 0.2) is 42.5 Å².